The van der Waals surface area contributed by atoms with E-state index in [4.69, 9.17) is 9.15 Å². The van der Waals surface area contributed by atoms with Crippen molar-refractivity contribution in [1.82, 2.24) is 9.80 Å². The lowest BCUT2D eigenvalue weighted by atomic mass is 10.1. The highest BCUT2D eigenvalue weighted by Gasteiger charge is 2.24. The van der Waals surface area contributed by atoms with Gasteiger partial charge >= 0.3 is 0 Å². The molecule has 2 amide bonds. The number of nitrogens with zero attached hydrogens (tertiary/aromatic N) is 2. The highest BCUT2D eigenvalue weighted by atomic mass is 16.5. The molecule has 34 heavy (non-hydrogen) atoms. The largest absolute Gasteiger partial charge is 0.464 e. The van der Waals surface area contributed by atoms with Gasteiger partial charge in [0.2, 0.25) is 11.8 Å². The topological polar surface area (TPSA) is 80.1 Å². The van der Waals surface area contributed by atoms with Crippen LogP contribution in [0.2, 0.25) is 0 Å². The normalized spacial score (nSPS) is 11.1. The fraction of sp³-hybridized carbons (Fsp3) is 0.370. The second-order valence-corrected chi connectivity index (χ2v) is 8.73. The first-order valence-electron chi connectivity index (χ1n) is 11.4. The number of fused-ring (bicyclic) bond motifs is 1. The smallest absolute Gasteiger partial charge is 0.242 e. The Kier molecular flexibility index (Phi) is 8.60. The van der Waals surface area contributed by atoms with Gasteiger partial charge in [0.1, 0.15) is 5.58 Å². The van der Waals surface area contributed by atoms with Crippen molar-refractivity contribution in [3.63, 3.8) is 0 Å². The Labute approximate surface area is 199 Å². The minimum Gasteiger partial charge on any atom is -0.464 e. The molecule has 0 fully saturated rings. The average Bonchev–Trinajstić information content (AvgIpc) is 2.83. The molecule has 0 bridgehead atoms. The van der Waals surface area contributed by atoms with Crippen molar-refractivity contribution in [3.8, 4) is 0 Å². The van der Waals surface area contributed by atoms with Crippen LogP contribution in [0.3, 0.4) is 0 Å². The molecular formula is C27H32N2O5. The quantitative estimate of drug-likeness (QED) is 0.456. The summed E-state index contributed by atoms with van der Waals surface area (Å²) < 4.78 is 10.8. The lowest BCUT2D eigenvalue weighted by Crippen LogP contribution is -2.45. The van der Waals surface area contributed by atoms with Crippen molar-refractivity contribution < 1.29 is 18.7 Å². The summed E-state index contributed by atoms with van der Waals surface area (Å²) >= 11 is 0. The summed E-state index contributed by atoms with van der Waals surface area (Å²) in [6, 6.07) is 15.0. The minimum absolute atomic E-state index is 0.0773. The van der Waals surface area contributed by atoms with Gasteiger partial charge in [-0.05, 0) is 24.6 Å². The van der Waals surface area contributed by atoms with Crippen molar-refractivity contribution in [2.75, 3.05) is 26.8 Å². The summed E-state index contributed by atoms with van der Waals surface area (Å²) in [5.74, 6) is -0.619. The molecule has 0 aliphatic carbocycles. The van der Waals surface area contributed by atoms with E-state index in [1.165, 1.54) is 11.2 Å². The molecular weight excluding hydrogens is 432 g/mol. The van der Waals surface area contributed by atoms with Crippen molar-refractivity contribution in [2.45, 2.75) is 33.9 Å². The number of amides is 2. The minimum atomic E-state index is -0.252. The van der Waals surface area contributed by atoms with E-state index in [9.17, 15) is 14.4 Å². The first kappa shape index (κ1) is 25.2. The number of methoxy groups -OCH3 is 1. The predicted molar refractivity (Wildman–Crippen MR) is 131 cm³/mol. The van der Waals surface area contributed by atoms with Crippen molar-refractivity contribution in [1.29, 1.82) is 0 Å². The van der Waals surface area contributed by atoms with Crippen LogP contribution in [-0.2, 0) is 27.4 Å². The van der Waals surface area contributed by atoms with Crippen LogP contribution in [0.15, 0.2) is 64.0 Å². The maximum absolute atomic E-state index is 13.4. The number of aryl methyl sites for hydroxylation is 1. The number of benzene rings is 2. The van der Waals surface area contributed by atoms with Crippen LogP contribution in [0.25, 0.3) is 11.0 Å². The summed E-state index contributed by atoms with van der Waals surface area (Å²) in [5, 5.41) is 0.487. The van der Waals surface area contributed by atoms with Gasteiger partial charge in [-0.1, -0.05) is 55.8 Å². The standard InChI is InChI=1S/C27H32N2O5/c1-19(2)27(32)28(12-13-33-4)17-25(30)29(15-21-8-6-5-7-9-21)16-22-18-34-24-11-10-20(3)14-23(24)26(22)31/h5-11,14,18-19H,12-13,15-17H2,1-4H3. The molecule has 0 unspecified atom stereocenters. The maximum Gasteiger partial charge on any atom is 0.242 e. The predicted octanol–water partition coefficient (Wildman–Crippen LogP) is 3.76. The molecule has 7 heteroatoms. The molecule has 0 aliphatic heterocycles. The first-order valence-corrected chi connectivity index (χ1v) is 11.4. The van der Waals surface area contributed by atoms with E-state index < -0.39 is 0 Å². The zero-order chi connectivity index (χ0) is 24.7. The Bertz CT molecular complexity index is 1190. The van der Waals surface area contributed by atoms with E-state index in [0.29, 0.717) is 36.2 Å². The van der Waals surface area contributed by atoms with Gasteiger partial charge in [-0.25, -0.2) is 0 Å². The molecule has 0 saturated carbocycles. The van der Waals surface area contributed by atoms with Gasteiger partial charge in [0.05, 0.1) is 36.9 Å². The van der Waals surface area contributed by atoms with Gasteiger partial charge in [-0.2, -0.15) is 0 Å². The Morgan fingerprint density at radius 3 is 2.44 bits per heavy atom. The monoisotopic (exact) mass is 464 g/mol. The van der Waals surface area contributed by atoms with E-state index in [0.717, 1.165) is 11.1 Å². The van der Waals surface area contributed by atoms with Crippen LogP contribution >= 0.6 is 0 Å². The Hall–Kier alpha value is -3.45. The Morgan fingerprint density at radius 1 is 1.03 bits per heavy atom. The molecule has 1 heterocycles. The molecule has 2 aromatic carbocycles. The number of rotatable bonds is 10. The second-order valence-electron chi connectivity index (χ2n) is 8.73. The Morgan fingerprint density at radius 2 is 1.76 bits per heavy atom. The third-order valence-corrected chi connectivity index (χ3v) is 5.63. The summed E-state index contributed by atoms with van der Waals surface area (Å²) in [6.45, 7) is 6.45. The molecule has 3 aromatic rings. The van der Waals surface area contributed by atoms with E-state index in [1.807, 2.05) is 43.3 Å². The number of ether oxygens (including phenoxy) is 1. The number of carbonyl (C=O) groups is 2. The second kappa shape index (κ2) is 11.6. The molecule has 1 aromatic heterocycles. The number of carbonyl (C=O) groups excluding carboxylic acids is 2. The lowest BCUT2D eigenvalue weighted by Gasteiger charge is -2.28. The zero-order valence-electron chi connectivity index (χ0n) is 20.2. The maximum atomic E-state index is 13.4. The van der Waals surface area contributed by atoms with Crippen molar-refractivity contribution in [3.05, 3.63) is 81.7 Å². The summed E-state index contributed by atoms with van der Waals surface area (Å²) in [7, 11) is 1.56. The lowest BCUT2D eigenvalue weighted by molar-refractivity contribution is -0.143. The van der Waals surface area contributed by atoms with Crippen molar-refractivity contribution in [2.24, 2.45) is 5.92 Å². The van der Waals surface area contributed by atoms with Gasteiger partial charge in [-0.3, -0.25) is 14.4 Å². The van der Waals surface area contributed by atoms with Crippen LogP contribution in [0, 0.1) is 12.8 Å². The summed E-state index contributed by atoms with van der Waals surface area (Å²) in [4.78, 5) is 42.4. The zero-order valence-corrected chi connectivity index (χ0v) is 20.2. The number of hydrogen-bond acceptors (Lipinski definition) is 5. The molecule has 0 saturated heterocycles. The fourth-order valence-corrected chi connectivity index (χ4v) is 3.73. The van der Waals surface area contributed by atoms with Crippen LogP contribution in [0.5, 0.6) is 0 Å². The average molecular weight is 465 g/mol. The van der Waals surface area contributed by atoms with Crippen molar-refractivity contribution >= 4 is 22.8 Å². The van der Waals surface area contributed by atoms with Gasteiger partial charge in [0.25, 0.3) is 0 Å². The van der Waals surface area contributed by atoms with Gasteiger partial charge < -0.3 is 19.0 Å². The molecule has 0 N–H and O–H groups in total. The number of hydrogen-bond donors (Lipinski definition) is 0. The summed E-state index contributed by atoms with van der Waals surface area (Å²) in [5.41, 5.74) is 2.62. The van der Waals surface area contributed by atoms with Crippen LogP contribution in [0.1, 0.15) is 30.5 Å². The van der Waals surface area contributed by atoms with Crippen LogP contribution < -0.4 is 5.43 Å². The van der Waals surface area contributed by atoms with Crippen LogP contribution in [0.4, 0.5) is 0 Å². The molecule has 3 rings (SSSR count). The Balaban J connectivity index is 1.91. The third kappa shape index (κ3) is 6.32. The van der Waals surface area contributed by atoms with Gasteiger partial charge in [0, 0.05) is 26.1 Å². The molecule has 180 valence electrons. The SMILES string of the molecule is COCCN(CC(=O)N(Cc1ccccc1)Cc1coc2ccc(C)cc2c1=O)C(=O)C(C)C. The highest BCUT2D eigenvalue weighted by Crippen LogP contribution is 2.16. The molecule has 0 radical (unpaired) electrons. The van der Waals surface area contributed by atoms with E-state index >= 15 is 0 Å². The molecule has 0 atom stereocenters. The first-order chi connectivity index (χ1) is 16.3. The third-order valence-electron chi connectivity index (χ3n) is 5.63. The van der Waals surface area contributed by atoms with E-state index in [1.54, 1.807) is 38.0 Å². The van der Waals surface area contributed by atoms with Gasteiger partial charge in [-0.15, -0.1) is 0 Å². The van der Waals surface area contributed by atoms with E-state index in [2.05, 4.69) is 0 Å². The molecule has 0 spiro atoms. The molecule has 7 nitrogen and oxygen atoms in total. The highest BCUT2D eigenvalue weighted by molar-refractivity contribution is 5.86. The van der Waals surface area contributed by atoms with Gasteiger partial charge in [0.15, 0.2) is 5.43 Å². The van der Waals surface area contributed by atoms with Crippen LogP contribution in [-0.4, -0.2) is 48.4 Å². The van der Waals surface area contributed by atoms with E-state index in [-0.39, 0.29) is 36.3 Å². The fourth-order valence-electron chi connectivity index (χ4n) is 3.73. The molecule has 0 aliphatic rings. The summed E-state index contributed by atoms with van der Waals surface area (Å²) in [6.07, 6.45) is 1.42.